The van der Waals surface area contributed by atoms with Crippen molar-refractivity contribution in [3.8, 4) is 11.8 Å². The van der Waals surface area contributed by atoms with Gasteiger partial charge in [-0.15, -0.1) is 5.92 Å². The van der Waals surface area contributed by atoms with Gasteiger partial charge in [0.15, 0.2) is 0 Å². The van der Waals surface area contributed by atoms with Gasteiger partial charge in [-0.2, -0.15) is 0 Å². The first-order valence-electron chi connectivity index (χ1n) is 2.19. The molecule has 39 valence electrons. The molecule has 0 aliphatic heterocycles. The second-order valence-electron chi connectivity index (χ2n) is 1.40. The molecule has 0 saturated carbocycles. The van der Waals surface area contributed by atoms with Crippen molar-refractivity contribution in [1.82, 2.24) is 0 Å². The molecule has 7 heavy (non-hydrogen) atoms. The summed E-state index contributed by atoms with van der Waals surface area (Å²) in [6, 6.07) is 0. The summed E-state index contributed by atoms with van der Waals surface area (Å²) < 4.78 is 0. The van der Waals surface area contributed by atoms with Gasteiger partial charge in [0.05, 0.1) is 6.61 Å². The molecule has 0 spiro atoms. The van der Waals surface area contributed by atoms with E-state index in [0.29, 0.717) is 0 Å². The molecule has 0 fully saturated rings. The van der Waals surface area contributed by atoms with Crippen LogP contribution in [-0.4, -0.2) is 11.7 Å². The minimum absolute atomic E-state index is 0.0810. The van der Waals surface area contributed by atoms with Crippen LogP contribution in [0.15, 0.2) is 0 Å². The Morgan fingerprint density at radius 1 is 1.86 bits per heavy atom. The fourth-order valence-corrected chi connectivity index (χ4v) is 0.220. The summed E-state index contributed by atoms with van der Waals surface area (Å²) >= 11 is 0. The monoisotopic (exact) mass is 97.1 g/mol. The first-order chi connectivity index (χ1) is 3.31. The molecule has 0 aromatic carbocycles. The van der Waals surface area contributed by atoms with Gasteiger partial charge < -0.3 is 5.11 Å². The van der Waals surface area contributed by atoms with Crippen LogP contribution < -0.4 is 0 Å². The van der Waals surface area contributed by atoms with E-state index in [2.05, 4.69) is 18.8 Å². The van der Waals surface area contributed by atoms with Crippen LogP contribution in [0.3, 0.4) is 0 Å². The second kappa shape index (κ2) is 3.70. The highest BCUT2D eigenvalue weighted by atomic mass is 16.3. The molecule has 1 unspecified atom stereocenters. The summed E-state index contributed by atoms with van der Waals surface area (Å²) in [5, 5.41) is 8.34. The summed E-state index contributed by atoms with van der Waals surface area (Å²) in [4.78, 5) is 0. The van der Waals surface area contributed by atoms with Gasteiger partial charge in [0.25, 0.3) is 0 Å². The van der Waals surface area contributed by atoms with Crippen LogP contribution in [0.5, 0.6) is 0 Å². The third-order valence-corrected chi connectivity index (χ3v) is 0.622. The van der Waals surface area contributed by atoms with Crippen LogP contribution in [0.25, 0.3) is 0 Å². The van der Waals surface area contributed by atoms with Gasteiger partial charge in [-0.3, -0.25) is 0 Å². The van der Waals surface area contributed by atoms with Crippen molar-refractivity contribution in [2.24, 2.45) is 5.92 Å². The molecule has 0 aliphatic rings. The molecule has 1 heteroatoms. The summed E-state index contributed by atoms with van der Waals surface area (Å²) in [7, 11) is 0. The standard InChI is InChI=1S/C6H9O/c1-3-4-6(2)5-7/h6-7H,1,5H2,2H3. The lowest BCUT2D eigenvalue weighted by molar-refractivity contribution is 0.266. The Balaban J connectivity index is 3.29. The van der Waals surface area contributed by atoms with E-state index in [4.69, 9.17) is 5.11 Å². The minimum Gasteiger partial charge on any atom is -0.395 e. The molecule has 0 aromatic rings. The first-order valence-corrected chi connectivity index (χ1v) is 2.19. The Labute approximate surface area is 44.4 Å². The van der Waals surface area contributed by atoms with Crippen LogP contribution in [-0.2, 0) is 0 Å². The lowest BCUT2D eigenvalue weighted by Gasteiger charge is -1.91. The van der Waals surface area contributed by atoms with Crippen LogP contribution in [0, 0.1) is 24.7 Å². The largest absolute Gasteiger partial charge is 0.395 e. The third-order valence-electron chi connectivity index (χ3n) is 0.622. The number of aliphatic hydroxyl groups excluding tert-OH is 1. The maximum atomic E-state index is 8.34. The maximum Gasteiger partial charge on any atom is 0.0566 e. The van der Waals surface area contributed by atoms with E-state index in [9.17, 15) is 0 Å². The molecule has 0 rings (SSSR count). The molecule has 1 atom stereocenters. The van der Waals surface area contributed by atoms with Crippen molar-refractivity contribution in [2.75, 3.05) is 6.61 Å². The second-order valence-corrected chi connectivity index (χ2v) is 1.40. The van der Waals surface area contributed by atoms with Gasteiger partial charge >= 0.3 is 0 Å². The molecule has 0 heterocycles. The Bertz CT molecular complexity index is 86.1. The number of aliphatic hydroxyl groups is 1. The average Bonchev–Trinajstić information content (AvgIpc) is 1.68. The zero-order chi connectivity index (χ0) is 5.70. The van der Waals surface area contributed by atoms with Gasteiger partial charge in [0.1, 0.15) is 0 Å². The zero-order valence-electron chi connectivity index (χ0n) is 4.44. The smallest absolute Gasteiger partial charge is 0.0566 e. The van der Waals surface area contributed by atoms with E-state index in [1.165, 1.54) is 0 Å². The van der Waals surface area contributed by atoms with Crippen LogP contribution in [0.1, 0.15) is 6.92 Å². The molecule has 0 amide bonds. The molecule has 0 aromatic heterocycles. The van der Waals surface area contributed by atoms with Gasteiger partial charge in [0.2, 0.25) is 0 Å². The van der Waals surface area contributed by atoms with Crippen LogP contribution >= 0.6 is 0 Å². The predicted molar refractivity (Wildman–Crippen MR) is 29.4 cm³/mol. The zero-order valence-corrected chi connectivity index (χ0v) is 4.44. The average molecular weight is 97.1 g/mol. The molecule has 0 saturated heterocycles. The highest BCUT2D eigenvalue weighted by Crippen LogP contribution is 1.85. The van der Waals surface area contributed by atoms with Crippen molar-refractivity contribution in [3.05, 3.63) is 6.92 Å². The Kier molecular flexibility index (Phi) is 3.45. The van der Waals surface area contributed by atoms with Crippen molar-refractivity contribution in [3.63, 3.8) is 0 Å². The van der Waals surface area contributed by atoms with E-state index in [1.807, 2.05) is 6.92 Å². The van der Waals surface area contributed by atoms with E-state index < -0.39 is 0 Å². The fraction of sp³-hybridized carbons (Fsp3) is 0.500. The van der Waals surface area contributed by atoms with Crippen LogP contribution in [0.4, 0.5) is 0 Å². The lowest BCUT2D eigenvalue weighted by atomic mass is 10.2. The van der Waals surface area contributed by atoms with Crippen molar-refractivity contribution in [1.29, 1.82) is 0 Å². The Morgan fingerprint density at radius 2 is 2.43 bits per heavy atom. The lowest BCUT2D eigenvalue weighted by Crippen LogP contribution is -1.94. The molecular formula is C6H9O. The topological polar surface area (TPSA) is 20.2 Å². The maximum absolute atomic E-state index is 8.34. The normalized spacial score (nSPS) is 11.9. The Morgan fingerprint density at radius 3 is 2.57 bits per heavy atom. The van der Waals surface area contributed by atoms with Crippen LogP contribution in [0.2, 0.25) is 0 Å². The molecule has 1 N–H and O–H groups in total. The number of rotatable bonds is 1. The fourth-order valence-electron chi connectivity index (χ4n) is 0.220. The quantitative estimate of drug-likeness (QED) is 0.471. The van der Waals surface area contributed by atoms with Gasteiger partial charge in [-0.25, -0.2) is 0 Å². The summed E-state index contributed by atoms with van der Waals surface area (Å²) in [6.45, 7) is 5.27. The number of hydrogen-bond donors (Lipinski definition) is 1. The van der Waals surface area contributed by atoms with Crippen molar-refractivity contribution < 1.29 is 5.11 Å². The van der Waals surface area contributed by atoms with Crippen molar-refractivity contribution in [2.45, 2.75) is 6.92 Å². The van der Waals surface area contributed by atoms with E-state index >= 15 is 0 Å². The molecule has 1 nitrogen and oxygen atoms in total. The van der Waals surface area contributed by atoms with Gasteiger partial charge in [-0.05, 0) is 6.92 Å². The molecule has 0 aliphatic carbocycles. The van der Waals surface area contributed by atoms with Gasteiger partial charge in [-0.1, -0.05) is 5.92 Å². The van der Waals surface area contributed by atoms with E-state index in [0.717, 1.165) is 0 Å². The third kappa shape index (κ3) is 3.35. The van der Waals surface area contributed by atoms with Gasteiger partial charge in [0, 0.05) is 12.8 Å². The Hall–Kier alpha value is -0.480. The summed E-state index contributed by atoms with van der Waals surface area (Å²) in [5.41, 5.74) is 0. The molecule has 1 radical (unpaired) electrons. The van der Waals surface area contributed by atoms with Crippen molar-refractivity contribution >= 4 is 0 Å². The highest BCUT2D eigenvalue weighted by molar-refractivity contribution is 5.04. The SMILES string of the molecule is [CH2]C#CC(C)CO. The summed E-state index contributed by atoms with van der Waals surface area (Å²) in [5.74, 6) is 5.22. The molecule has 0 bridgehead atoms. The molecular weight excluding hydrogens is 88.1 g/mol. The summed E-state index contributed by atoms with van der Waals surface area (Å²) in [6.07, 6.45) is 0. The van der Waals surface area contributed by atoms with E-state index in [-0.39, 0.29) is 12.5 Å². The highest BCUT2D eigenvalue weighted by Gasteiger charge is 1.87. The predicted octanol–water partition coefficient (Wildman–Crippen LogP) is 0.452. The minimum atomic E-state index is 0.0810. The van der Waals surface area contributed by atoms with E-state index in [1.54, 1.807) is 0 Å². The first kappa shape index (κ1) is 6.52. The number of hydrogen-bond acceptors (Lipinski definition) is 1.